The van der Waals surface area contributed by atoms with Crippen LogP contribution in [0.5, 0.6) is 11.6 Å². The van der Waals surface area contributed by atoms with Gasteiger partial charge in [-0.05, 0) is 51.9 Å². The normalized spacial score (nSPS) is 10.2. The third-order valence-corrected chi connectivity index (χ3v) is 3.31. The van der Waals surface area contributed by atoms with E-state index in [0.29, 0.717) is 5.88 Å². The van der Waals surface area contributed by atoms with Gasteiger partial charge in [-0.2, -0.15) is 0 Å². The van der Waals surface area contributed by atoms with Crippen LogP contribution < -0.4 is 9.47 Å². The molecule has 0 saturated heterocycles. The van der Waals surface area contributed by atoms with Gasteiger partial charge < -0.3 is 9.47 Å². The Morgan fingerprint density at radius 1 is 1.11 bits per heavy atom. The van der Waals surface area contributed by atoms with Crippen molar-refractivity contribution in [3.05, 3.63) is 51.2 Å². The summed E-state index contributed by atoms with van der Waals surface area (Å²) in [6.45, 7) is 0. The summed E-state index contributed by atoms with van der Waals surface area (Å²) in [6.07, 6.45) is 2.63. The lowest BCUT2D eigenvalue weighted by atomic mass is 10.1. The molecule has 0 saturated carbocycles. The van der Waals surface area contributed by atoms with E-state index in [4.69, 9.17) is 9.47 Å². The quantitative estimate of drug-likeness (QED) is 0.789. The Labute approximate surface area is 120 Å². The van der Waals surface area contributed by atoms with Gasteiger partial charge in [-0.25, -0.2) is 4.98 Å². The van der Waals surface area contributed by atoms with Crippen LogP contribution in [0.1, 0.15) is 11.1 Å². The lowest BCUT2D eigenvalue weighted by Gasteiger charge is -2.09. The van der Waals surface area contributed by atoms with Crippen molar-refractivity contribution in [1.29, 1.82) is 0 Å². The summed E-state index contributed by atoms with van der Waals surface area (Å²) in [5.41, 5.74) is 2.30. The summed E-state index contributed by atoms with van der Waals surface area (Å²) in [4.78, 5) is 4.21. The fraction of sp³-hybridized carbons (Fsp3) is 0.214. The Hall–Kier alpha value is -1.30. The predicted octanol–water partition coefficient (Wildman–Crippen LogP) is 3.29. The summed E-state index contributed by atoms with van der Waals surface area (Å²) < 4.78 is 11.6. The summed E-state index contributed by atoms with van der Waals surface area (Å²) in [7, 11) is 3.31. The monoisotopic (exact) mass is 355 g/mol. The predicted molar refractivity (Wildman–Crippen MR) is 79.3 cm³/mol. The van der Waals surface area contributed by atoms with Gasteiger partial charge in [-0.15, -0.1) is 0 Å². The van der Waals surface area contributed by atoms with E-state index in [1.165, 1.54) is 3.57 Å². The number of nitrogens with zero attached hydrogens (tertiary/aromatic N) is 1. The van der Waals surface area contributed by atoms with E-state index >= 15 is 0 Å². The van der Waals surface area contributed by atoms with E-state index in [0.717, 1.165) is 23.3 Å². The molecule has 18 heavy (non-hydrogen) atoms. The average Bonchev–Trinajstić information content (AvgIpc) is 2.40. The third-order valence-electron chi connectivity index (χ3n) is 2.64. The number of pyridine rings is 1. The summed E-state index contributed by atoms with van der Waals surface area (Å²) in [6, 6.07) is 10.0. The number of ether oxygens (including phenoxy) is 2. The standard InChI is InChI=1S/C14H14INO2/c1-17-13-5-4-12(15)8-11(13)7-10-3-6-14(18-2)16-9-10/h3-6,8-9H,7H2,1-2H3. The Kier molecular flexibility index (Phi) is 4.41. The minimum Gasteiger partial charge on any atom is -0.496 e. The van der Waals surface area contributed by atoms with Crippen LogP contribution in [0.15, 0.2) is 36.5 Å². The molecule has 0 bridgehead atoms. The van der Waals surface area contributed by atoms with Crippen LogP contribution in [0.3, 0.4) is 0 Å². The van der Waals surface area contributed by atoms with E-state index < -0.39 is 0 Å². The van der Waals surface area contributed by atoms with Gasteiger partial charge in [0.15, 0.2) is 0 Å². The zero-order valence-corrected chi connectivity index (χ0v) is 12.5. The van der Waals surface area contributed by atoms with Crippen LogP contribution >= 0.6 is 22.6 Å². The molecule has 0 aliphatic carbocycles. The minimum absolute atomic E-state index is 0.633. The van der Waals surface area contributed by atoms with E-state index in [9.17, 15) is 0 Å². The number of hydrogen-bond donors (Lipinski definition) is 0. The van der Waals surface area contributed by atoms with Crippen LogP contribution in [0.25, 0.3) is 0 Å². The van der Waals surface area contributed by atoms with Crippen molar-refractivity contribution in [3.63, 3.8) is 0 Å². The van der Waals surface area contributed by atoms with E-state index in [-0.39, 0.29) is 0 Å². The highest BCUT2D eigenvalue weighted by atomic mass is 127. The summed E-state index contributed by atoms with van der Waals surface area (Å²) >= 11 is 2.30. The third kappa shape index (κ3) is 3.13. The second-order valence-electron chi connectivity index (χ2n) is 3.84. The van der Waals surface area contributed by atoms with Crippen molar-refractivity contribution >= 4 is 22.6 Å². The fourth-order valence-electron chi connectivity index (χ4n) is 1.74. The molecule has 0 radical (unpaired) electrons. The number of methoxy groups -OCH3 is 2. The van der Waals surface area contributed by atoms with Gasteiger partial charge in [0.2, 0.25) is 5.88 Å². The highest BCUT2D eigenvalue weighted by molar-refractivity contribution is 14.1. The fourth-order valence-corrected chi connectivity index (χ4v) is 2.30. The van der Waals surface area contributed by atoms with Gasteiger partial charge in [-0.3, -0.25) is 0 Å². The molecule has 0 amide bonds. The van der Waals surface area contributed by atoms with Crippen molar-refractivity contribution < 1.29 is 9.47 Å². The lowest BCUT2D eigenvalue weighted by Crippen LogP contribution is -1.96. The topological polar surface area (TPSA) is 31.4 Å². The largest absolute Gasteiger partial charge is 0.496 e. The maximum atomic E-state index is 5.37. The second kappa shape index (κ2) is 6.04. The SMILES string of the molecule is COc1ccc(Cc2cc(I)ccc2OC)cn1. The molecule has 0 atom stereocenters. The smallest absolute Gasteiger partial charge is 0.212 e. The van der Waals surface area contributed by atoms with Crippen molar-refractivity contribution in [2.75, 3.05) is 14.2 Å². The molecular formula is C14H14INO2. The van der Waals surface area contributed by atoms with Crippen LogP contribution in [-0.2, 0) is 6.42 Å². The molecule has 2 aromatic rings. The molecule has 0 spiro atoms. The Morgan fingerprint density at radius 2 is 1.94 bits per heavy atom. The van der Waals surface area contributed by atoms with Crippen LogP contribution in [-0.4, -0.2) is 19.2 Å². The van der Waals surface area contributed by atoms with Crippen LogP contribution in [0.2, 0.25) is 0 Å². The first kappa shape index (κ1) is 13.1. The highest BCUT2D eigenvalue weighted by Crippen LogP contribution is 2.24. The molecule has 1 aromatic heterocycles. The molecule has 1 aromatic carbocycles. The van der Waals surface area contributed by atoms with Crippen LogP contribution in [0, 0.1) is 3.57 Å². The number of benzene rings is 1. The van der Waals surface area contributed by atoms with Gasteiger partial charge in [0.25, 0.3) is 0 Å². The van der Waals surface area contributed by atoms with Crippen LogP contribution in [0.4, 0.5) is 0 Å². The zero-order valence-electron chi connectivity index (χ0n) is 10.3. The first-order valence-electron chi connectivity index (χ1n) is 5.54. The molecule has 4 heteroatoms. The first-order valence-corrected chi connectivity index (χ1v) is 6.62. The van der Waals surface area contributed by atoms with E-state index in [2.05, 4.69) is 33.6 Å². The van der Waals surface area contributed by atoms with Gasteiger partial charge in [0.1, 0.15) is 5.75 Å². The molecule has 0 aliphatic heterocycles. The number of hydrogen-bond acceptors (Lipinski definition) is 3. The molecule has 1 heterocycles. The maximum absolute atomic E-state index is 5.37. The molecular weight excluding hydrogens is 341 g/mol. The van der Waals surface area contributed by atoms with Crippen molar-refractivity contribution in [1.82, 2.24) is 4.98 Å². The van der Waals surface area contributed by atoms with Crippen molar-refractivity contribution in [2.24, 2.45) is 0 Å². The number of halogens is 1. The molecule has 0 fully saturated rings. The minimum atomic E-state index is 0.633. The first-order chi connectivity index (χ1) is 8.72. The molecule has 2 rings (SSSR count). The maximum Gasteiger partial charge on any atom is 0.212 e. The molecule has 3 nitrogen and oxygen atoms in total. The van der Waals surface area contributed by atoms with Crippen molar-refractivity contribution in [3.8, 4) is 11.6 Å². The van der Waals surface area contributed by atoms with Gasteiger partial charge in [-0.1, -0.05) is 6.07 Å². The molecule has 94 valence electrons. The zero-order chi connectivity index (χ0) is 13.0. The highest BCUT2D eigenvalue weighted by Gasteiger charge is 2.05. The van der Waals surface area contributed by atoms with Gasteiger partial charge in [0, 0.05) is 22.3 Å². The van der Waals surface area contributed by atoms with Gasteiger partial charge in [0.05, 0.1) is 14.2 Å². The molecule has 0 aliphatic rings. The second-order valence-corrected chi connectivity index (χ2v) is 5.09. The Balaban J connectivity index is 2.24. The summed E-state index contributed by atoms with van der Waals surface area (Å²) in [5, 5.41) is 0. The number of rotatable bonds is 4. The molecule has 0 N–H and O–H groups in total. The Morgan fingerprint density at radius 3 is 2.56 bits per heavy atom. The van der Waals surface area contributed by atoms with E-state index in [1.54, 1.807) is 14.2 Å². The number of aromatic nitrogens is 1. The van der Waals surface area contributed by atoms with Gasteiger partial charge >= 0.3 is 0 Å². The molecule has 0 unspecified atom stereocenters. The lowest BCUT2D eigenvalue weighted by molar-refractivity contribution is 0.397. The van der Waals surface area contributed by atoms with E-state index in [1.807, 2.05) is 30.5 Å². The Bertz CT molecular complexity index is 526. The summed E-state index contributed by atoms with van der Waals surface area (Å²) in [5.74, 6) is 1.54. The van der Waals surface area contributed by atoms with Crippen molar-refractivity contribution in [2.45, 2.75) is 6.42 Å². The average molecular weight is 355 g/mol.